The van der Waals surface area contributed by atoms with Crippen molar-refractivity contribution in [3.8, 4) is 6.07 Å². The van der Waals surface area contributed by atoms with Crippen molar-refractivity contribution >= 4 is 5.57 Å². The van der Waals surface area contributed by atoms with E-state index in [1.807, 2.05) is 31.2 Å². The smallest absolute Gasteiger partial charge is 0.0991 e. The molecule has 0 spiro atoms. The Hall–Kier alpha value is -3.19. The normalized spacial score (nSPS) is 19.2. The van der Waals surface area contributed by atoms with E-state index >= 15 is 0 Å². The van der Waals surface area contributed by atoms with Crippen LogP contribution in [0.1, 0.15) is 41.3 Å². The number of benzene rings is 1. The lowest BCUT2D eigenvalue weighted by molar-refractivity contribution is 0.440. The van der Waals surface area contributed by atoms with Gasteiger partial charge in [-0.05, 0) is 59.9 Å². The number of aromatic nitrogens is 2. The van der Waals surface area contributed by atoms with Gasteiger partial charge in [0, 0.05) is 32.1 Å². The molecule has 4 nitrogen and oxygen atoms in total. The second kappa shape index (κ2) is 7.20. The van der Waals surface area contributed by atoms with E-state index in [1.54, 1.807) is 0 Å². The molecule has 1 atom stereocenters. The van der Waals surface area contributed by atoms with Gasteiger partial charge in [0.05, 0.1) is 23.0 Å². The van der Waals surface area contributed by atoms with Gasteiger partial charge < -0.3 is 4.90 Å². The molecule has 0 fully saturated rings. The maximum Gasteiger partial charge on any atom is 0.0991 e. The van der Waals surface area contributed by atoms with Crippen molar-refractivity contribution in [1.82, 2.24) is 15.1 Å². The summed E-state index contributed by atoms with van der Waals surface area (Å²) in [6.07, 6.45) is 8.62. The highest BCUT2D eigenvalue weighted by molar-refractivity contribution is 5.71. The van der Waals surface area contributed by atoms with Gasteiger partial charge in [-0.1, -0.05) is 24.3 Å². The predicted octanol–water partition coefficient (Wildman–Crippen LogP) is 4.37. The molecule has 1 aliphatic heterocycles. The van der Waals surface area contributed by atoms with Crippen LogP contribution in [0.5, 0.6) is 0 Å². The van der Waals surface area contributed by atoms with Gasteiger partial charge in [-0.15, -0.1) is 0 Å². The molecule has 27 heavy (non-hydrogen) atoms. The van der Waals surface area contributed by atoms with Gasteiger partial charge in [-0.3, -0.25) is 0 Å². The average molecular weight is 354 g/mol. The molecule has 0 saturated heterocycles. The van der Waals surface area contributed by atoms with E-state index in [4.69, 9.17) is 5.26 Å². The summed E-state index contributed by atoms with van der Waals surface area (Å²) in [4.78, 5) is 2.27. The molecule has 134 valence electrons. The molecule has 2 aromatic rings. The Bertz CT molecular complexity index is 973. The molecule has 4 rings (SSSR count). The fraction of sp³-hybridized carbons (Fsp3) is 0.261. The first-order valence-corrected chi connectivity index (χ1v) is 9.27. The minimum Gasteiger partial charge on any atom is -0.380 e. The fourth-order valence-corrected chi connectivity index (χ4v) is 3.82. The van der Waals surface area contributed by atoms with Crippen LogP contribution in [0.4, 0.5) is 0 Å². The second-order valence-electron chi connectivity index (χ2n) is 7.26. The van der Waals surface area contributed by atoms with Crippen LogP contribution < -0.4 is 0 Å². The molecule has 0 radical (unpaired) electrons. The Kier molecular flexibility index (Phi) is 4.60. The number of hydrogen-bond donors (Lipinski definition) is 0. The highest BCUT2D eigenvalue weighted by Crippen LogP contribution is 2.41. The first-order valence-electron chi connectivity index (χ1n) is 9.27. The van der Waals surface area contributed by atoms with E-state index in [9.17, 15) is 0 Å². The number of aryl methyl sites for hydroxylation is 1. The summed E-state index contributed by atoms with van der Waals surface area (Å²) in [7, 11) is 2.13. The Balaban J connectivity index is 1.72. The third kappa shape index (κ3) is 3.54. The van der Waals surface area contributed by atoms with Crippen LogP contribution in [-0.2, 0) is 0 Å². The highest BCUT2D eigenvalue weighted by Gasteiger charge is 2.26. The molecule has 1 aliphatic carbocycles. The van der Waals surface area contributed by atoms with Crippen molar-refractivity contribution in [2.45, 2.75) is 25.7 Å². The van der Waals surface area contributed by atoms with Crippen LogP contribution >= 0.6 is 0 Å². The van der Waals surface area contributed by atoms with Gasteiger partial charge in [0.25, 0.3) is 0 Å². The molecule has 2 aliphatic rings. The van der Waals surface area contributed by atoms with E-state index in [2.05, 4.69) is 58.7 Å². The summed E-state index contributed by atoms with van der Waals surface area (Å²) in [5.74, 6) is 0.343. The van der Waals surface area contributed by atoms with Crippen LogP contribution in [0, 0.1) is 18.3 Å². The molecule has 2 heterocycles. The standard InChI is InChI=1S/C23H22N4/c1-16-3-10-23(26-25-16)19-8-9-21-20(13-19)15-27(2)12-11-22(21)18-6-4-17(14-24)5-7-18/h3-10,15,22H,11-13H2,1-2H3. The van der Waals surface area contributed by atoms with E-state index in [0.29, 0.717) is 11.5 Å². The van der Waals surface area contributed by atoms with Crippen molar-refractivity contribution in [2.75, 3.05) is 13.6 Å². The minimum atomic E-state index is 0.343. The molecule has 0 saturated carbocycles. The van der Waals surface area contributed by atoms with Gasteiger partial charge >= 0.3 is 0 Å². The first kappa shape index (κ1) is 17.2. The second-order valence-corrected chi connectivity index (χ2v) is 7.26. The molecular weight excluding hydrogens is 332 g/mol. The van der Waals surface area contributed by atoms with Crippen molar-refractivity contribution in [3.63, 3.8) is 0 Å². The van der Waals surface area contributed by atoms with Crippen LogP contribution in [0.3, 0.4) is 0 Å². The van der Waals surface area contributed by atoms with Crippen molar-refractivity contribution < 1.29 is 0 Å². The van der Waals surface area contributed by atoms with Gasteiger partial charge in [0.15, 0.2) is 0 Å². The van der Waals surface area contributed by atoms with Gasteiger partial charge in [-0.25, -0.2) is 0 Å². The number of nitrogens with zero attached hydrogens (tertiary/aromatic N) is 4. The topological polar surface area (TPSA) is 52.8 Å². The zero-order chi connectivity index (χ0) is 18.8. The van der Waals surface area contributed by atoms with Crippen LogP contribution in [-0.4, -0.2) is 28.7 Å². The lowest BCUT2D eigenvalue weighted by Crippen LogP contribution is -2.12. The number of rotatable bonds is 2. The van der Waals surface area contributed by atoms with E-state index in [0.717, 1.165) is 30.8 Å². The number of allylic oxidation sites excluding steroid dienone is 5. The minimum absolute atomic E-state index is 0.343. The highest BCUT2D eigenvalue weighted by atomic mass is 15.1. The molecule has 0 amide bonds. The number of nitriles is 1. The number of fused-ring (bicyclic) bond motifs is 1. The molecular formula is C23H22N4. The summed E-state index contributed by atoms with van der Waals surface area (Å²) in [6.45, 7) is 2.96. The summed E-state index contributed by atoms with van der Waals surface area (Å²) in [6, 6.07) is 14.3. The maximum atomic E-state index is 9.06. The van der Waals surface area contributed by atoms with Crippen molar-refractivity contribution in [3.05, 3.63) is 88.4 Å². The summed E-state index contributed by atoms with van der Waals surface area (Å²) in [5.41, 5.74) is 7.76. The molecule has 1 aromatic carbocycles. The largest absolute Gasteiger partial charge is 0.380 e. The van der Waals surface area contributed by atoms with Crippen LogP contribution in [0.15, 0.2) is 65.9 Å². The van der Waals surface area contributed by atoms with Crippen LogP contribution in [0.25, 0.3) is 5.57 Å². The molecule has 4 heteroatoms. The molecule has 0 N–H and O–H groups in total. The van der Waals surface area contributed by atoms with E-state index in [1.165, 1.54) is 22.3 Å². The predicted molar refractivity (Wildman–Crippen MR) is 107 cm³/mol. The summed E-state index contributed by atoms with van der Waals surface area (Å²) < 4.78 is 0. The van der Waals surface area contributed by atoms with Crippen LogP contribution in [0.2, 0.25) is 0 Å². The van der Waals surface area contributed by atoms with Gasteiger partial charge in [0.2, 0.25) is 0 Å². The van der Waals surface area contributed by atoms with Crippen molar-refractivity contribution in [1.29, 1.82) is 5.26 Å². The van der Waals surface area contributed by atoms with Gasteiger partial charge in [0.1, 0.15) is 0 Å². The quantitative estimate of drug-likeness (QED) is 0.803. The third-order valence-electron chi connectivity index (χ3n) is 5.31. The molecule has 0 bridgehead atoms. The lowest BCUT2D eigenvalue weighted by Gasteiger charge is -2.24. The zero-order valence-electron chi connectivity index (χ0n) is 15.7. The Morgan fingerprint density at radius 3 is 2.56 bits per heavy atom. The van der Waals surface area contributed by atoms with Crippen molar-refractivity contribution in [2.24, 2.45) is 0 Å². The Morgan fingerprint density at radius 1 is 1.04 bits per heavy atom. The number of hydrogen-bond acceptors (Lipinski definition) is 4. The SMILES string of the molecule is Cc1ccc(C2=CC=C3C(=CN(C)CCC3c3ccc(C#N)cc3)C2)nn1. The maximum absolute atomic E-state index is 9.06. The summed E-state index contributed by atoms with van der Waals surface area (Å²) in [5, 5.41) is 17.6. The molecule has 1 unspecified atom stereocenters. The third-order valence-corrected chi connectivity index (χ3v) is 5.31. The Morgan fingerprint density at radius 2 is 1.85 bits per heavy atom. The zero-order valence-corrected chi connectivity index (χ0v) is 15.7. The fourth-order valence-electron chi connectivity index (χ4n) is 3.82. The van der Waals surface area contributed by atoms with E-state index < -0.39 is 0 Å². The van der Waals surface area contributed by atoms with E-state index in [-0.39, 0.29) is 0 Å². The monoisotopic (exact) mass is 354 g/mol. The lowest BCUT2D eigenvalue weighted by atomic mass is 9.80. The van der Waals surface area contributed by atoms with Gasteiger partial charge in [-0.2, -0.15) is 15.5 Å². The molecule has 1 aromatic heterocycles. The first-order chi connectivity index (χ1) is 13.1. The summed E-state index contributed by atoms with van der Waals surface area (Å²) >= 11 is 0. The Labute approximate surface area is 160 Å². The average Bonchev–Trinajstić information content (AvgIpc) is 2.86.